The normalized spacial score (nSPS) is 17.5. The van der Waals surface area contributed by atoms with Crippen LogP contribution in [0.25, 0.3) is 21.9 Å². The number of ether oxygens (including phenoxy) is 1. The van der Waals surface area contributed by atoms with Gasteiger partial charge in [-0.05, 0) is 43.9 Å². The van der Waals surface area contributed by atoms with Crippen molar-refractivity contribution < 1.29 is 9.53 Å². The molecule has 1 N–H and O–H groups in total. The monoisotopic (exact) mass is 352 g/mol. The number of amides is 1. The van der Waals surface area contributed by atoms with Crippen molar-refractivity contribution in [1.82, 2.24) is 14.8 Å². The molecule has 4 rings (SSSR count). The maximum atomic E-state index is 12.5. The van der Waals surface area contributed by atoms with Crippen LogP contribution >= 0.6 is 0 Å². The lowest BCUT2D eigenvalue weighted by Crippen LogP contribution is -2.27. The first-order valence-corrected chi connectivity index (χ1v) is 9.21. The maximum Gasteiger partial charge on any atom is 0.254 e. The van der Waals surface area contributed by atoms with E-state index in [1.807, 2.05) is 10.7 Å². The van der Waals surface area contributed by atoms with Crippen molar-refractivity contribution >= 4 is 33.7 Å². The molecule has 0 bridgehead atoms. The molecule has 2 aromatic heterocycles. The van der Waals surface area contributed by atoms with Gasteiger partial charge in [-0.25, -0.2) is 9.67 Å². The van der Waals surface area contributed by atoms with Gasteiger partial charge in [0.25, 0.3) is 5.91 Å². The number of fused-ring (bicyclic) bond motifs is 2. The van der Waals surface area contributed by atoms with Crippen molar-refractivity contribution in [3.8, 4) is 0 Å². The number of hydrogen-bond acceptors (Lipinski definition) is 4. The fourth-order valence-corrected chi connectivity index (χ4v) is 3.43. The Morgan fingerprint density at radius 3 is 2.96 bits per heavy atom. The minimum Gasteiger partial charge on any atom is -0.368 e. The molecule has 1 aromatic carbocycles. The molecule has 0 saturated carbocycles. The van der Waals surface area contributed by atoms with E-state index in [4.69, 9.17) is 9.72 Å². The molecule has 3 heterocycles. The molecule has 26 heavy (non-hydrogen) atoms. The molecule has 0 unspecified atom stereocenters. The van der Waals surface area contributed by atoms with Gasteiger partial charge < -0.3 is 10.1 Å². The van der Waals surface area contributed by atoms with Gasteiger partial charge >= 0.3 is 0 Å². The van der Waals surface area contributed by atoms with Gasteiger partial charge in [-0.3, -0.25) is 4.79 Å². The number of carbonyl (C=O) groups is 1. The molecule has 6 nitrogen and oxygen atoms in total. The third-order valence-electron chi connectivity index (χ3n) is 4.67. The van der Waals surface area contributed by atoms with Crippen LogP contribution in [0, 0.1) is 12.8 Å². The lowest BCUT2D eigenvalue weighted by molar-refractivity contribution is -0.124. The van der Waals surface area contributed by atoms with Crippen LogP contribution < -0.4 is 5.32 Å². The molecule has 1 amide bonds. The molecule has 1 saturated heterocycles. The fraction of sp³-hybridized carbons (Fsp3) is 0.450. The number of aryl methyl sites for hydroxylation is 1. The van der Waals surface area contributed by atoms with Gasteiger partial charge in [0.05, 0.1) is 10.9 Å². The highest BCUT2D eigenvalue weighted by Crippen LogP contribution is 2.27. The number of aromatic nitrogens is 3. The number of rotatable bonds is 4. The Balaban J connectivity index is 1.80. The molecule has 136 valence electrons. The molecular formula is C20H24N4O2. The minimum atomic E-state index is -0.379. The highest BCUT2D eigenvalue weighted by molar-refractivity contribution is 6.03. The maximum absolute atomic E-state index is 12.5. The average molecular weight is 352 g/mol. The lowest BCUT2D eigenvalue weighted by atomic mass is 10.1. The first-order valence-electron chi connectivity index (χ1n) is 9.21. The highest BCUT2D eigenvalue weighted by atomic mass is 16.5. The van der Waals surface area contributed by atoms with Crippen LogP contribution in [0.2, 0.25) is 0 Å². The van der Waals surface area contributed by atoms with Crippen molar-refractivity contribution in [3.05, 3.63) is 29.8 Å². The van der Waals surface area contributed by atoms with Crippen molar-refractivity contribution in [2.24, 2.45) is 5.92 Å². The average Bonchev–Trinajstić information content (AvgIpc) is 3.22. The van der Waals surface area contributed by atoms with Crippen LogP contribution in [0.5, 0.6) is 0 Å². The summed E-state index contributed by atoms with van der Waals surface area (Å²) in [5, 5.41) is 9.54. The molecular weight excluding hydrogens is 328 g/mol. The fourth-order valence-electron chi connectivity index (χ4n) is 3.43. The van der Waals surface area contributed by atoms with Crippen molar-refractivity contribution in [2.75, 3.05) is 11.9 Å². The van der Waals surface area contributed by atoms with Crippen molar-refractivity contribution in [1.29, 1.82) is 0 Å². The Morgan fingerprint density at radius 2 is 2.23 bits per heavy atom. The smallest absolute Gasteiger partial charge is 0.254 e. The Kier molecular flexibility index (Phi) is 4.36. The Morgan fingerprint density at radius 1 is 1.38 bits per heavy atom. The summed E-state index contributed by atoms with van der Waals surface area (Å²) < 4.78 is 7.39. The van der Waals surface area contributed by atoms with Crippen LogP contribution in [-0.4, -0.2) is 33.4 Å². The van der Waals surface area contributed by atoms with Crippen LogP contribution in [-0.2, 0) is 16.1 Å². The second kappa shape index (κ2) is 6.68. The summed E-state index contributed by atoms with van der Waals surface area (Å²) in [6.45, 7) is 7.74. The van der Waals surface area contributed by atoms with E-state index in [1.165, 1.54) is 5.56 Å². The molecule has 1 aliphatic heterocycles. The molecule has 0 radical (unpaired) electrons. The SMILES string of the molecule is Cc1ccc2nc3c(cc2c1)c(NC(=O)[C@@H]1CCCO1)nn3CC(C)C. The molecule has 1 atom stereocenters. The van der Waals surface area contributed by atoms with Crippen LogP contribution in [0.1, 0.15) is 32.3 Å². The van der Waals surface area contributed by atoms with Gasteiger partial charge in [0, 0.05) is 18.5 Å². The van der Waals surface area contributed by atoms with E-state index in [1.54, 1.807) is 0 Å². The summed E-state index contributed by atoms with van der Waals surface area (Å²) in [6, 6.07) is 8.26. The van der Waals surface area contributed by atoms with Gasteiger partial charge in [-0.2, -0.15) is 5.10 Å². The van der Waals surface area contributed by atoms with E-state index in [0.29, 0.717) is 18.3 Å². The lowest BCUT2D eigenvalue weighted by Gasteiger charge is -2.08. The van der Waals surface area contributed by atoms with E-state index < -0.39 is 0 Å². The second-order valence-corrected chi connectivity index (χ2v) is 7.47. The van der Waals surface area contributed by atoms with E-state index >= 15 is 0 Å². The molecule has 0 spiro atoms. The highest BCUT2D eigenvalue weighted by Gasteiger charge is 2.25. The van der Waals surface area contributed by atoms with Crippen LogP contribution in [0.4, 0.5) is 5.82 Å². The number of nitrogens with one attached hydrogen (secondary N) is 1. The minimum absolute atomic E-state index is 0.122. The van der Waals surface area contributed by atoms with Crippen molar-refractivity contribution in [3.63, 3.8) is 0 Å². The van der Waals surface area contributed by atoms with E-state index in [0.717, 1.165) is 41.3 Å². The molecule has 1 aliphatic rings. The Labute approximate surface area is 152 Å². The number of hydrogen-bond donors (Lipinski definition) is 1. The van der Waals surface area contributed by atoms with E-state index in [2.05, 4.69) is 49.4 Å². The Bertz CT molecular complexity index is 971. The third kappa shape index (κ3) is 3.17. The topological polar surface area (TPSA) is 69.0 Å². The first-order chi connectivity index (χ1) is 12.5. The van der Waals surface area contributed by atoms with Crippen LogP contribution in [0.15, 0.2) is 24.3 Å². The summed E-state index contributed by atoms with van der Waals surface area (Å²) in [7, 11) is 0. The summed E-state index contributed by atoms with van der Waals surface area (Å²) >= 11 is 0. The predicted octanol–water partition coefficient (Wildman–Crippen LogP) is 3.67. The number of anilines is 1. The third-order valence-corrected chi connectivity index (χ3v) is 4.67. The van der Waals surface area contributed by atoms with Gasteiger partial charge in [0.2, 0.25) is 0 Å². The van der Waals surface area contributed by atoms with E-state index in [9.17, 15) is 4.79 Å². The zero-order valence-electron chi connectivity index (χ0n) is 15.5. The van der Waals surface area contributed by atoms with Crippen molar-refractivity contribution in [2.45, 2.75) is 46.3 Å². The summed E-state index contributed by atoms with van der Waals surface area (Å²) in [5.41, 5.74) is 2.92. The Hall–Kier alpha value is -2.47. The quantitative estimate of drug-likeness (QED) is 0.778. The van der Waals surface area contributed by atoms with Gasteiger partial charge in [-0.1, -0.05) is 25.5 Å². The molecule has 6 heteroatoms. The summed E-state index contributed by atoms with van der Waals surface area (Å²) in [6.07, 6.45) is 1.30. The zero-order valence-corrected chi connectivity index (χ0v) is 15.5. The second-order valence-electron chi connectivity index (χ2n) is 7.47. The molecule has 0 aliphatic carbocycles. The zero-order chi connectivity index (χ0) is 18.3. The number of carbonyl (C=O) groups excluding carboxylic acids is 1. The summed E-state index contributed by atoms with van der Waals surface area (Å²) in [4.78, 5) is 17.3. The van der Waals surface area contributed by atoms with Gasteiger partial charge in [0.15, 0.2) is 11.5 Å². The van der Waals surface area contributed by atoms with Crippen LogP contribution in [0.3, 0.4) is 0 Å². The number of benzene rings is 1. The standard InChI is InChI=1S/C20H24N4O2/c1-12(2)11-24-19-15(10-14-9-13(3)6-7-16(14)21-19)18(23-24)22-20(25)17-5-4-8-26-17/h6-7,9-10,12,17H,4-5,8,11H2,1-3H3,(H,22,23,25)/t17-/m0/s1. The molecule has 1 fully saturated rings. The number of pyridine rings is 1. The first kappa shape index (κ1) is 17.0. The number of nitrogens with zero attached hydrogens (tertiary/aromatic N) is 3. The predicted molar refractivity (Wildman–Crippen MR) is 102 cm³/mol. The van der Waals surface area contributed by atoms with E-state index in [-0.39, 0.29) is 12.0 Å². The van der Waals surface area contributed by atoms with Gasteiger partial charge in [-0.15, -0.1) is 0 Å². The molecule has 3 aromatic rings. The largest absolute Gasteiger partial charge is 0.368 e. The van der Waals surface area contributed by atoms with Gasteiger partial charge in [0.1, 0.15) is 6.10 Å². The summed E-state index contributed by atoms with van der Waals surface area (Å²) in [5.74, 6) is 0.871.